The van der Waals surface area contributed by atoms with Crippen molar-refractivity contribution in [3.05, 3.63) is 12.4 Å². The highest BCUT2D eigenvalue weighted by Crippen LogP contribution is 2.12. The molecule has 0 aromatic carbocycles. The Morgan fingerprint density at radius 1 is 1.72 bits per heavy atom. The van der Waals surface area contributed by atoms with Crippen molar-refractivity contribution >= 4 is 5.69 Å². The molecule has 2 unspecified atom stereocenters. The summed E-state index contributed by atoms with van der Waals surface area (Å²) in [5.74, 6) is 0. The summed E-state index contributed by atoms with van der Waals surface area (Å²) in [6.07, 6.45) is 5.44. The van der Waals surface area contributed by atoms with E-state index in [4.69, 9.17) is 9.47 Å². The molecular formula is C12H21N3O3. The number of nitrogens with zero attached hydrogens (tertiary/aromatic N) is 2. The van der Waals surface area contributed by atoms with E-state index in [-0.39, 0.29) is 6.10 Å². The van der Waals surface area contributed by atoms with Crippen LogP contribution >= 0.6 is 0 Å². The molecule has 2 atom stereocenters. The molecule has 1 saturated heterocycles. The Balaban J connectivity index is 1.55. The van der Waals surface area contributed by atoms with E-state index < -0.39 is 6.10 Å². The van der Waals surface area contributed by atoms with Gasteiger partial charge in [0.2, 0.25) is 0 Å². The number of anilines is 1. The molecule has 18 heavy (non-hydrogen) atoms. The van der Waals surface area contributed by atoms with Gasteiger partial charge in [-0.2, -0.15) is 5.10 Å². The van der Waals surface area contributed by atoms with Gasteiger partial charge in [-0.25, -0.2) is 0 Å². The van der Waals surface area contributed by atoms with Gasteiger partial charge >= 0.3 is 0 Å². The molecule has 102 valence electrons. The van der Waals surface area contributed by atoms with Crippen LogP contribution in [0, 0.1) is 0 Å². The molecule has 1 aliphatic heterocycles. The highest BCUT2D eigenvalue weighted by molar-refractivity contribution is 5.37. The molecule has 6 heteroatoms. The average molecular weight is 255 g/mol. The first kappa shape index (κ1) is 13.3. The lowest BCUT2D eigenvalue weighted by Gasteiger charge is -2.14. The Bertz CT molecular complexity index is 350. The van der Waals surface area contributed by atoms with E-state index in [2.05, 4.69) is 10.4 Å². The van der Waals surface area contributed by atoms with Crippen molar-refractivity contribution in [2.75, 3.05) is 31.7 Å². The van der Waals surface area contributed by atoms with E-state index in [1.807, 2.05) is 13.2 Å². The molecule has 0 saturated carbocycles. The SMILES string of the molecule is Cn1cc(NCC(O)COCC2CCCO2)cn1. The number of nitrogens with one attached hydrogen (secondary N) is 1. The maximum atomic E-state index is 9.74. The summed E-state index contributed by atoms with van der Waals surface area (Å²) in [7, 11) is 1.85. The Labute approximate surface area is 107 Å². The van der Waals surface area contributed by atoms with Crippen molar-refractivity contribution in [2.45, 2.75) is 25.0 Å². The second-order valence-electron chi connectivity index (χ2n) is 4.61. The van der Waals surface area contributed by atoms with Gasteiger partial charge in [0.1, 0.15) is 0 Å². The second kappa shape index (κ2) is 6.72. The van der Waals surface area contributed by atoms with E-state index in [0.717, 1.165) is 25.1 Å². The standard InChI is InChI=1S/C12H21N3O3/c1-15-7-10(5-14-15)13-6-11(16)8-17-9-12-3-2-4-18-12/h5,7,11-13,16H,2-4,6,8-9H2,1H3. The van der Waals surface area contributed by atoms with E-state index in [9.17, 15) is 5.11 Å². The van der Waals surface area contributed by atoms with Crippen LogP contribution in [0.15, 0.2) is 12.4 Å². The van der Waals surface area contributed by atoms with Crippen LogP contribution in [0.3, 0.4) is 0 Å². The fraction of sp³-hybridized carbons (Fsp3) is 0.750. The Morgan fingerprint density at radius 3 is 3.28 bits per heavy atom. The topological polar surface area (TPSA) is 68.5 Å². The van der Waals surface area contributed by atoms with E-state index in [1.165, 1.54) is 0 Å². The highest BCUT2D eigenvalue weighted by atomic mass is 16.5. The number of aryl methyl sites for hydroxylation is 1. The fourth-order valence-electron chi connectivity index (χ4n) is 1.92. The summed E-state index contributed by atoms with van der Waals surface area (Å²) in [5.41, 5.74) is 0.899. The minimum Gasteiger partial charge on any atom is -0.389 e. The van der Waals surface area contributed by atoms with Crippen molar-refractivity contribution in [1.82, 2.24) is 9.78 Å². The van der Waals surface area contributed by atoms with Crippen LogP contribution in [-0.2, 0) is 16.5 Å². The van der Waals surface area contributed by atoms with E-state index in [0.29, 0.717) is 19.8 Å². The first-order valence-electron chi connectivity index (χ1n) is 6.34. The maximum Gasteiger partial charge on any atom is 0.0945 e. The van der Waals surface area contributed by atoms with Crippen molar-refractivity contribution in [2.24, 2.45) is 7.05 Å². The van der Waals surface area contributed by atoms with Crippen molar-refractivity contribution in [3.63, 3.8) is 0 Å². The summed E-state index contributed by atoms with van der Waals surface area (Å²) in [6, 6.07) is 0. The third-order valence-electron chi connectivity index (χ3n) is 2.88. The fourth-order valence-corrected chi connectivity index (χ4v) is 1.92. The normalized spacial score (nSPS) is 21.1. The smallest absolute Gasteiger partial charge is 0.0945 e. The van der Waals surface area contributed by atoms with Crippen molar-refractivity contribution in [3.8, 4) is 0 Å². The molecule has 0 radical (unpaired) electrons. The van der Waals surface area contributed by atoms with Gasteiger partial charge in [0.05, 0.1) is 37.3 Å². The zero-order valence-corrected chi connectivity index (χ0v) is 10.7. The van der Waals surface area contributed by atoms with Crippen LogP contribution in [0.25, 0.3) is 0 Å². The Morgan fingerprint density at radius 2 is 2.61 bits per heavy atom. The number of hydrogen-bond donors (Lipinski definition) is 2. The van der Waals surface area contributed by atoms with Crippen LogP contribution in [0.5, 0.6) is 0 Å². The average Bonchev–Trinajstić information content (AvgIpc) is 2.98. The van der Waals surface area contributed by atoms with E-state index >= 15 is 0 Å². The van der Waals surface area contributed by atoms with Crippen LogP contribution in [0.4, 0.5) is 5.69 Å². The lowest BCUT2D eigenvalue weighted by molar-refractivity contribution is -0.0137. The summed E-state index contributed by atoms with van der Waals surface area (Å²) >= 11 is 0. The zero-order chi connectivity index (χ0) is 12.8. The second-order valence-corrected chi connectivity index (χ2v) is 4.61. The van der Waals surface area contributed by atoms with Gasteiger partial charge in [-0.1, -0.05) is 0 Å². The van der Waals surface area contributed by atoms with Gasteiger partial charge in [0.25, 0.3) is 0 Å². The summed E-state index contributed by atoms with van der Waals surface area (Å²) in [4.78, 5) is 0. The van der Waals surface area contributed by atoms with Gasteiger partial charge < -0.3 is 19.9 Å². The number of ether oxygens (including phenoxy) is 2. The molecule has 2 rings (SSSR count). The molecule has 6 nitrogen and oxygen atoms in total. The molecule has 0 bridgehead atoms. The Kier molecular flexibility index (Phi) is 4.98. The number of rotatable bonds is 7. The number of aromatic nitrogens is 2. The van der Waals surface area contributed by atoms with Gasteiger partial charge in [-0.15, -0.1) is 0 Å². The zero-order valence-electron chi connectivity index (χ0n) is 10.7. The third kappa shape index (κ3) is 4.29. The quantitative estimate of drug-likeness (QED) is 0.737. The minimum atomic E-state index is -0.522. The van der Waals surface area contributed by atoms with Crippen molar-refractivity contribution in [1.29, 1.82) is 0 Å². The van der Waals surface area contributed by atoms with Crippen molar-refractivity contribution < 1.29 is 14.6 Å². The molecule has 1 fully saturated rings. The first-order valence-corrected chi connectivity index (χ1v) is 6.34. The molecule has 0 amide bonds. The molecule has 2 heterocycles. The first-order chi connectivity index (χ1) is 8.74. The number of hydrogen-bond acceptors (Lipinski definition) is 5. The summed E-state index contributed by atoms with van der Waals surface area (Å²) in [5, 5.41) is 16.9. The Hall–Kier alpha value is -1.11. The molecule has 0 spiro atoms. The van der Waals surface area contributed by atoms with Gasteiger partial charge in [0, 0.05) is 26.4 Å². The van der Waals surface area contributed by atoms with Gasteiger partial charge in [-0.05, 0) is 12.8 Å². The highest BCUT2D eigenvalue weighted by Gasteiger charge is 2.16. The van der Waals surface area contributed by atoms with Gasteiger partial charge in [-0.3, -0.25) is 4.68 Å². The molecule has 0 aliphatic carbocycles. The molecular weight excluding hydrogens is 234 g/mol. The third-order valence-corrected chi connectivity index (χ3v) is 2.88. The predicted molar refractivity (Wildman–Crippen MR) is 67.5 cm³/mol. The molecule has 1 aromatic heterocycles. The molecule has 1 aromatic rings. The van der Waals surface area contributed by atoms with Gasteiger partial charge in [0.15, 0.2) is 0 Å². The maximum absolute atomic E-state index is 9.74. The molecule has 1 aliphatic rings. The lowest BCUT2D eigenvalue weighted by atomic mass is 10.2. The van der Waals surface area contributed by atoms with Crippen LogP contribution in [-0.4, -0.2) is 53.5 Å². The number of aliphatic hydroxyl groups excluding tert-OH is 1. The largest absolute Gasteiger partial charge is 0.389 e. The monoisotopic (exact) mass is 255 g/mol. The van der Waals surface area contributed by atoms with Crippen LogP contribution in [0.2, 0.25) is 0 Å². The summed E-state index contributed by atoms with van der Waals surface area (Å²) < 4.78 is 12.6. The van der Waals surface area contributed by atoms with Crippen LogP contribution < -0.4 is 5.32 Å². The number of aliphatic hydroxyl groups is 1. The van der Waals surface area contributed by atoms with E-state index in [1.54, 1.807) is 10.9 Å². The molecule has 2 N–H and O–H groups in total. The predicted octanol–water partition coefficient (Wildman–Crippen LogP) is 0.388. The minimum absolute atomic E-state index is 0.212. The summed E-state index contributed by atoms with van der Waals surface area (Å²) in [6.45, 7) is 2.19. The lowest BCUT2D eigenvalue weighted by Crippen LogP contribution is -2.27. The van der Waals surface area contributed by atoms with Crippen LogP contribution in [0.1, 0.15) is 12.8 Å².